The predicted octanol–water partition coefficient (Wildman–Crippen LogP) is 1.96. The van der Waals surface area contributed by atoms with Gasteiger partial charge in [-0.05, 0) is 25.5 Å². The first-order valence-electron chi connectivity index (χ1n) is 11.7. The number of nitrogens with one attached hydrogen (secondary N) is 2. The molecule has 1 aromatic carbocycles. The molecule has 0 radical (unpaired) electrons. The van der Waals surface area contributed by atoms with Crippen LogP contribution in [0.5, 0.6) is 5.75 Å². The van der Waals surface area contributed by atoms with Gasteiger partial charge in [0, 0.05) is 18.2 Å². The van der Waals surface area contributed by atoms with E-state index in [1.807, 2.05) is 6.92 Å². The fourth-order valence-corrected chi connectivity index (χ4v) is 5.08. The fourth-order valence-electron chi connectivity index (χ4n) is 3.53. The molecule has 12 nitrogen and oxygen atoms in total. The van der Waals surface area contributed by atoms with E-state index in [1.165, 1.54) is 13.1 Å². The molecule has 0 aliphatic carbocycles. The number of benzene rings is 1. The third kappa shape index (κ3) is 6.92. The number of aliphatic hydroxyl groups is 1. The number of nitrogens with zero attached hydrogens (tertiary/aromatic N) is 1. The summed E-state index contributed by atoms with van der Waals surface area (Å²) in [5.41, 5.74) is -2.92. The molecular formula is C23H32N3O9P. The molecule has 1 aliphatic rings. The topological polar surface area (TPSA) is 158 Å². The van der Waals surface area contributed by atoms with Crippen LogP contribution in [0.25, 0.3) is 0 Å². The van der Waals surface area contributed by atoms with Crippen molar-refractivity contribution in [2.45, 2.75) is 51.5 Å². The third-order valence-corrected chi connectivity index (χ3v) is 7.43. The lowest BCUT2D eigenvalue weighted by atomic mass is 9.91. The Morgan fingerprint density at radius 1 is 1.33 bits per heavy atom. The highest BCUT2D eigenvalue weighted by Crippen LogP contribution is 2.47. The second kappa shape index (κ2) is 12.0. The van der Waals surface area contributed by atoms with Crippen molar-refractivity contribution in [3.63, 3.8) is 0 Å². The molecule has 1 aliphatic heterocycles. The molecule has 0 spiro atoms. The lowest BCUT2D eigenvalue weighted by molar-refractivity contribution is -0.145. The molecule has 5 atom stereocenters. The Balaban J connectivity index is 1.75. The Hall–Kier alpha value is -2.76. The summed E-state index contributed by atoms with van der Waals surface area (Å²) in [6, 6.07) is 8.37. The predicted molar refractivity (Wildman–Crippen MR) is 130 cm³/mol. The second-order valence-electron chi connectivity index (χ2n) is 8.66. The summed E-state index contributed by atoms with van der Waals surface area (Å²) in [7, 11) is -4.20. The highest BCUT2D eigenvalue weighted by atomic mass is 31.2. The van der Waals surface area contributed by atoms with Crippen molar-refractivity contribution in [3.05, 3.63) is 63.4 Å². The Kier molecular flexibility index (Phi) is 9.26. The monoisotopic (exact) mass is 525 g/mol. The number of rotatable bonds is 12. The molecule has 3 N–H and O–H groups in total. The van der Waals surface area contributed by atoms with Crippen LogP contribution in [0.4, 0.5) is 0 Å². The number of carbonyl (C=O) groups excluding carboxylic acids is 1. The Morgan fingerprint density at radius 3 is 2.72 bits per heavy atom. The Morgan fingerprint density at radius 2 is 2.06 bits per heavy atom. The minimum atomic E-state index is -4.20. The van der Waals surface area contributed by atoms with E-state index in [0.717, 1.165) is 17.1 Å². The highest BCUT2D eigenvalue weighted by Gasteiger charge is 2.49. The van der Waals surface area contributed by atoms with Gasteiger partial charge < -0.3 is 19.1 Å². The quantitative estimate of drug-likeness (QED) is 0.212. The maximum Gasteiger partial charge on any atom is 0.459 e. The van der Waals surface area contributed by atoms with Gasteiger partial charge >= 0.3 is 19.4 Å². The van der Waals surface area contributed by atoms with Crippen molar-refractivity contribution >= 4 is 13.7 Å². The van der Waals surface area contributed by atoms with Crippen LogP contribution in [0.3, 0.4) is 0 Å². The minimum Gasteiger partial charge on any atom is -0.465 e. The van der Waals surface area contributed by atoms with Crippen LogP contribution in [-0.4, -0.2) is 52.1 Å². The standard InChI is InChI=1S/C23H32N3O9P/c1-4-5-13-32-21(28)17(3)25-36(31,35-18-9-7-6-8-10-18)34-15-23(30)14-33-20(16(23)2)26-12-11-19(27)24-22(26)29/h6-12,16-17,20,30H,4-5,13-15H2,1-3H3,(H,25,31)(H,24,27,29)/t16-,17?,20-,23+,36?/m1/s1. The van der Waals surface area contributed by atoms with Gasteiger partial charge in [-0.25, -0.2) is 9.36 Å². The van der Waals surface area contributed by atoms with Crippen LogP contribution in [0.2, 0.25) is 0 Å². The maximum atomic E-state index is 13.7. The van der Waals surface area contributed by atoms with Crippen molar-refractivity contribution in [2.75, 3.05) is 19.8 Å². The number of para-hydroxylation sites is 1. The Bertz CT molecular complexity index is 1190. The van der Waals surface area contributed by atoms with E-state index in [2.05, 4.69) is 10.1 Å². The number of ether oxygens (including phenoxy) is 2. The van der Waals surface area contributed by atoms with Gasteiger partial charge in [-0.2, -0.15) is 5.09 Å². The molecule has 1 saturated heterocycles. The van der Waals surface area contributed by atoms with Gasteiger partial charge in [0.1, 0.15) is 23.6 Å². The van der Waals surface area contributed by atoms with Gasteiger partial charge in [0.15, 0.2) is 0 Å². The number of aromatic amines is 1. The Labute approximate surface area is 208 Å². The largest absolute Gasteiger partial charge is 0.465 e. The summed E-state index contributed by atoms with van der Waals surface area (Å²) in [5.74, 6) is -1.11. The summed E-state index contributed by atoms with van der Waals surface area (Å²) >= 11 is 0. The molecule has 2 aromatic rings. The molecule has 36 heavy (non-hydrogen) atoms. The van der Waals surface area contributed by atoms with E-state index in [1.54, 1.807) is 37.3 Å². The molecule has 13 heteroatoms. The molecular weight excluding hydrogens is 493 g/mol. The van der Waals surface area contributed by atoms with Gasteiger partial charge in [-0.15, -0.1) is 0 Å². The highest BCUT2D eigenvalue weighted by molar-refractivity contribution is 7.52. The molecule has 2 unspecified atom stereocenters. The smallest absolute Gasteiger partial charge is 0.459 e. The number of hydrogen-bond acceptors (Lipinski definition) is 9. The zero-order chi connectivity index (χ0) is 26.3. The third-order valence-electron chi connectivity index (χ3n) is 5.81. The van der Waals surface area contributed by atoms with Crippen LogP contribution in [0.15, 0.2) is 52.2 Å². The number of H-pyrrole nitrogens is 1. The zero-order valence-corrected chi connectivity index (χ0v) is 21.3. The average Bonchev–Trinajstić information content (AvgIpc) is 3.13. The second-order valence-corrected chi connectivity index (χ2v) is 10.4. The van der Waals surface area contributed by atoms with E-state index in [4.69, 9.17) is 18.5 Å². The van der Waals surface area contributed by atoms with Crippen LogP contribution in [-0.2, 0) is 23.4 Å². The van der Waals surface area contributed by atoms with Crippen LogP contribution < -0.4 is 20.9 Å². The number of aromatic nitrogens is 2. The van der Waals surface area contributed by atoms with Crippen molar-refractivity contribution in [2.24, 2.45) is 5.92 Å². The van der Waals surface area contributed by atoms with Crippen molar-refractivity contribution in [1.82, 2.24) is 14.6 Å². The number of esters is 1. The van der Waals surface area contributed by atoms with Gasteiger partial charge in [0.25, 0.3) is 5.56 Å². The summed E-state index contributed by atoms with van der Waals surface area (Å²) in [6.45, 7) is 4.53. The maximum absolute atomic E-state index is 13.7. The molecule has 198 valence electrons. The van der Waals surface area contributed by atoms with Gasteiger partial charge in [0.05, 0.1) is 19.8 Å². The average molecular weight is 525 g/mol. The van der Waals surface area contributed by atoms with Gasteiger partial charge in [-0.1, -0.05) is 38.5 Å². The summed E-state index contributed by atoms with van der Waals surface area (Å²) in [5, 5.41) is 13.8. The van der Waals surface area contributed by atoms with E-state index in [0.29, 0.717) is 6.42 Å². The lowest BCUT2D eigenvalue weighted by Crippen LogP contribution is -2.44. The molecule has 2 heterocycles. The number of unbranched alkanes of at least 4 members (excludes halogenated alkanes) is 1. The SMILES string of the molecule is CCCCOC(=O)C(C)NP(=O)(OC[C@@]1(O)CO[C@@H](n2ccc(=O)[nH]c2=O)[C@H]1C)Oc1ccccc1. The number of carbonyl (C=O) groups is 1. The molecule has 0 amide bonds. The first-order valence-corrected chi connectivity index (χ1v) is 13.2. The van der Waals surface area contributed by atoms with Crippen LogP contribution in [0.1, 0.15) is 39.8 Å². The normalized spacial score (nSPS) is 24.1. The molecule has 1 aromatic heterocycles. The van der Waals surface area contributed by atoms with Gasteiger partial charge in [0.2, 0.25) is 0 Å². The first kappa shape index (κ1) is 27.8. The summed E-state index contributed by atoms with van der Waals surface area (Å²) in [4.78, 5) is 38.0. The number of hydrogen-bond donors (Lipinski definition) is 3. The van der Waals surface area contributed by atoms with Gasteiger partial charge in [-0.3, -0.25) is 23.7 Å². The van der Waals surface area contributed by atoms with Crippen molar-refractivity contribution in [1.29, 1.82) is 0 Å². The van der Waals surface area contributed by atoms with E-state index >= 15 is 0 Å². The minimum absolute atomic E-state index is 0.222. The van der Waals surface area contributed by atoms with Crippen molar-refractivity contribution in [3.8, 4) is 5.75 Å². The molecule has 1 fully saturated rings. The van der Waals surface area contributed by atoms with E-state index < -0.39 is 55.4 Å². The molecule has 0 bridgehead atoms. The van der Waals surface area contributed by atoms with E-state index in [-0.39, 0.29) is 19.0 Å². The lowest BCUT2D eigenvalue weighted by Gasteiger charge is -2.30. The summed E-state index contributed by atoms with van der Waals surface area (Å²) < 4.78 is 36.8. The fraction of sp³-hybridized carbons (Fsp3) is 0.522. The zero-order valence-electron chi connectivity index (χ0n) is 20.4. The molecule has 0 saturated carbocycles. The molecule has 3 rings (SSSR count). The van der Waals surface area contributed by atoms with Crippen molar-refractivity contribution < 1.29 is 33.0 Å². The van der Waals surface area contributed by atoms with Crippen LogP contribution >= 0.6 is 7.75 Å². The first-order chi connectivity index (χ1) is 17.1. The van der Waals surface area contributed by atoms with Crippen LogP contribution in [0, 0.1) is 5.92 Å². The summed E-state index contributed by atoms with van der Waals surface area (Å²) in [6.07, 6.45) is 1.90. The van der Waals surface area contributed by atoms with E-state index in [9.17, 15) is 24.1 Å².